The number of rotatable bonds is 6. The molecule has 1 fully saturated rings. The molecule has 0 spiro atoms. The molecule has 6 heteroatoms. The van der Waals surface area contributed by atoms with Crippen molar-refractivity contribution < 1.29 is 4.74 Å². The number of hydrogen-bond acceptors (Lipinski definition) is 3. The lowest BCUT2D eigenvalue weighted by Gasteiger charge is -2.29. The maximum Gasteiger partial charge on any atom is 0.191 e. The largest absolute Gasteiger partial charge is 0.378 e. The van der Waals surface area contributed by atoms with Crippen LogP contribution in [0.5, 0.6) is 0 Å². The van der Waals surface area contributed by atoms with Crippen molar-refractivity contribution in [3.63, 3.8) is 0 Å². The Bertz CT molecular complexity index is 773. The number of aryl methyl sites for hydroxylation is 1. The summed E-state index contributed by atoms with van der Waals surface area (Å²) in [7, 11) is 1.81. The fraction of sp³-hybridized carbons (Fsp3) is 0.435. The summed E-state index contributed by atoms with van der Waals surface area (Å²) in [4.78, 5) is 6.72. The second-order valence-corrected chi connectivity index (χ2v) is 7.39. The number of ether oxygens (including phenoxy) is 1. The highest BCUT2D eigenvalue weighted by atomic mass is 127. The zero-order chi connectivity index (χ0) is 19.8. The van der Waals surface area contributed by atoms with E-state index in [1.807, 2.05) is 7.05 Å². The van der Waals surface area contributed by atoms with E-state index in [2.05, 4.69) is 82.9 Å². The fourth-order valence-corrected chi connectivity index (χ4v) is 3.40. The standard InChI is InChI=1S/C23H32N4O.HI/c1-18-5-4-6-21(15-18)19(2)16-25-23(24-3)26-17-20-7-9-22(10-8-20)27-11-13-28-14-12-27;/h4-10,15,19H,11-14,16-17H2,1-3H3,(H2,24,25,26);1H. The van der Waals surface area contributed by atoms with E-state index < -0.39 is 0 Å². The Labute approximate surface area is 192 Å². The molecule has 0 saturated carbocycles. The molecule has 5 nitrogen and oxygen atoms in total. The van der Waals surface area contributed by atoms with Gasteiger partial charge in [-0.05, 0) is 36.1 Å². The van der Waals surface area contributed by atoms with Crippen LogP contribution in [0.25, 0.3) is 0 Å². The maximum atomic E-state index is 5.42. The number of anilines is 1. The second kappa shape index (κ2) is 12.0. The number of nitrogens with zero attached hydrogens (tertiary/aromatic N) is 2. The van der Waals surface area contributed by atoms with Crippen molar-refractivity contribution >= 4 is 35.6 Å². The summed E-state index contributed by atoms with van der Waals surface area (Å²) >= 11 is 0. The molecule has 3 rings (SSSR count). The highest BCUT2D eigenvalue weighted by molar-refractivity contribution is 14.0. The van der Waals surface area contributed by atoms with Gasteiger partial charge in [0.1, 0.15) is 0 Å². The Morgan fingerprint density at radius 3 is 2.48 bits per heavy atom. The molecule has 1 atom stereocenters. The maximum absolute atomic E-state index is 5.42. The average Bonchev–Trinajstić information content (AvgIpc) is 2.74. The van der Waals surface area contributed by atoms with Crippen molar-refractivity contribution in [3.05, 3.63) is 65.2 Å². The number of guanidine groups is 1. The van der Waals surface area contributed by atoms with Crippen molar-refractivity contribution in [2.45, 2.75) is 26.3 Å². The minimum Gasteiger partial charge on any atom is -0.378 e. The Morgan fingerprint density at radius 1 is 1.10 bits per heavy atom. The summed E-state index contributed by atoms with van der Waals surface area (Å²) in [6, 6.07) is 17.4. The predicted octanol–water partition coefficient (Wildman–Crippen LogP) is 3.92. The van der Waals surface area contributed by atoms with Crippen LogP contribution in [0.1, 0.15) is 29.5 Å². The van der Waals surface area contributed by atoms with Gasteiger partial charge in [0, 0.05) is 38.9 Å². The molecule has 1 aliphatic heterocycles. The van der Waals surface area contributed by atoms with E-state index in [0.717, 1.165) is 45.4 Å². The Balaban J connectivity index is 0.00000300. The molecule has 2 aromatic rings. The van der Waals surface area contributed by atoms with Crippen LogP contribution in [0, 0.1) is 6.92 Å². The first-order valence-electron chi connectivity index (χ1n) is 10.1. The lowest BCUT2D eigenvalue weighted by atomic mass is 9.99. The zero-order valence-corrected chi connectivity index (χ0v) is 20.0. The zero-order valence-electron chi connectivity index (χ0n) is 17.6. The van der Waals surface area contributed by atoms with Crippen LogP contribution >= 0.6 is 24.0 Å². The third-order valence-corrected chi connectivity index (χ3v) is 5.18. The Morgan fingerprint density at radius 2 is 1.83 bits per heavy atom. The molecule has 0 bridgehead atoms. The quantitative estimate of drug-likeness (QED) is 0.353. The van der Waals surface area contributed by atoms with Gasteiger partial charge in [0.05, 0.1) is 13.2 Å². The van der Waals surface area contributed by atoms with Crippen molar-refractivity contribution in [1.29, 1.82) is 0 Å². The van der Waals surface area contributed by atoms with Gasteiger partial charge in [-0.1, -0.05) is 48.9 Å². The van der Waals surface area contributed by atoms with Gasteiger partial charge in [-0.25, -0.2) is 0 Å². The third kappa shape index (κ3) is 7.19. The monoisotopic (exact) mass is 508 g/mol. The third-order valence-electron chi connectivity index (χ3n) is 5.18. The molecule has 0 radical (unpaired) electrons. The van der Waals surface area contributed by atoms with Gasteiger partial charge in [-0.15, -0.1) is 24.0 Å². The molecule has 158 valence electrons. The molecular weight excluding hydrogens is 475 g/mol. The molecule has 0 aliphatic carbocycles. The molecule has 0 aromatic heterocycles. The van der Waals surface area contributed by atoms with E-state index in [1.54, 1.807) is 0 Å². The predicted molar refractivity (Wildman–Crippen MR) is 133 cm³/mol. The summed E-state index contributed by atoms with van der Waals surface area (Å²) in [5, 5.41) is 6.85. The van der Waals surface area contributed by atoms with Crippen LogP contribution in [0.15, 0.2) is 53.5 Å². The van der Waals surface area contributed by atoms with Crippen LogP contribution in [0.2, 0.25) is 0 Å². The molecule has 1 unspecified atom stereocenters. The highest BCUT2D eigenvalue weighted by Crippen LogP contribution is 2.17. The van der Waals surface area contributed by atoms with Gasteiger partial charge in [-0.2, -0.15) is 0 Å². The van der Waals surface area contributed by atoms with Gasteiger partial charge < -0.3 is 20.3 Å². The van der Waals surface area contributed by atoms with Gasteiger partial charge in [0.2, 0.25) is 0 Å². The highest BCUT2D eigenvalue weighted by Gasteiger charge is 2.11. The van der Waals surface area contributed by atoms with Crippen LogP contribution in [0.4, 0.5) is 5.69 Å². The topological polar surface area (TPSA) is 48.9 Å². The molecule has 2 aromatic carbocycles. The molecular formula is C23H33IN4O. The van der Waals surface area contributed by atoms with Gasteiger partial charge in [-0.3, -0.25) is 4.99 Å². The smallest absolute Gasteiger partial charge is 0.191 e. The van der Waals surface area contributed by atoms with E-state index in [9.17, 15) is 0 Å². The molecule has 0 amide bonds. The lowest BCUT2D eigenvalue weighted by molar-refractivity contribution is 0.122. The number of morpholine rings is 1. The summed E-state index contributed by atoms with van der Waals surface area (Å²) in [5.41, 5.74) is 5.15. The van der Waals surface area contributed by atoms with Crippen LogP contribution in [-0.4, -0.2) is 45.9 Å². The van der Waals surface area contributed by atoms with Gasteiger partial charge in [0.25, 0.3) is 0 Å². The van der Waals surface area contributed by atoms with E-state index in [0.29, 0.717) is 5.92 Å². The first kappa shape index (κ1) is 23.5. The summed E-state index contributed by atoms with van der Waals surface area (Å²) in [6.45, 7) is 9.52. The number of benzene rings is 2. The summed E-state index contributed by atoms with van der Waals surface area (Å²) in [5.74, 6) is 1.25. The SMILES string of the molecule is CN=C(NCc1ccc(N2CCOCC2)cc1)NCC(C)c1cccc(C)c1.I. The second-order valence-electron chi connectivity index (χ2n) is 7.39. The van der Waals surface area contributed by atoms with E-state index >= 15 is 0 Å². The van der Waals surface area contributed by atoms with Crippen molar-refractivity contribution in [2.24, 2.45) is 4.99 Å². The molecule has 1 saturated heterocycles. The number of hydrogen-bond donors (Lipinski definition) is 2. The molecule has 1 aliphatic rings. The lowest BCUT2D eigenvalue weighted by Crippen LogP contribution is -2.38. The number of aliphatic imine (C=N–C) groups is 1. The van der Waals surface area contributed by atoms with E-state index in [4.69, 9.17) is 4.74 Å². The number of nitrogens with one attached hydrogen (secondary N) is 2. The van der Waals surface area contributed by atoms with Gasteiger partial charge in [0.15, 0.2) is 5.96 Å². The average molecular weight is 508 g/mol. The Hall–Kier alpha value is -1.80. The number of halogens is 1. The van der Waals surface area contributed by atoms with E-state index in [-0.39, 0.29) is 24.0 Å². The summed E-state index contributed by atoms with van der Waals surface area (Å²) in [6.07, 6.45) is 0. The normalized spacial score (nSPS) is 15.4. The Kier molecular flexibility index (Phi) is 9.73. The minimum absolute atomic E-state index is 0. The van der Waals surface area contributed by atoms with Crippen LogP contribution < -0.4 is 15.5 Å². The summed E-state index contributed by atoms with van der Waals surface area (Å²) < 4.78 is 5.42. The van der Waals surface area contributed by atoms with Crippen molar-refractivity contribution in [3.8, 4) is 0 Å². The first-order chi connectivity index (χ1) is 13.7. The van der Waals surface area contributed by atoms with Crippen LogP contribution in [-0.2, 0) is 11.3 Å². The van der Waals surface area contributed by atoms with Crippen molar-refractivity contribution in [2.75, 3.05) is 44.8 Å². The fourth-order valence-electron chi connectivity index (χ4n) is 3.40. The first-order valence-corrected chi connectivity index (χ1v) is 10.1. The van der Waals surface area contributed by atoms with Crippen molar-refractivity contribution in [1.82, 2.24) is 10.6 Å². The minimum atomic E-state index is 0. The molecule has 2 N–H and O–H groups in total. The molecule has 1 heterocycles. The van der Waals surface area contributed by atoms with Crippen LogP contribution in [0.3, 0.4) is 0 Å². The molecule has 29 heavy (non-hydrogen) atoms. The van der Waals surface area contributed by atoms with Gasteiger partial charge >= 0.3 is 0 Å². The van der Waals surface area contributed by atoms with E-state index in [1.165, 1.54) is 22.4 Å².